The Kier molecular flexibility index (Phi) is 8.85. The molecule has 1 aromatic carbocycles. The van der Waals surface area contributed by atoms with Gasteiger partial charge in [0.2, 0.25) is 5.96 Å². The first-order chi connectivity index (χ1) is 16.3. The zero-order valence-corrected chi connectivity index (χ0v) is 22.9. The highest BCUT2D eigenvalue weighted by Gasteiger charge is 2.13. The van der Waals surface area contributed by atoms with Gasteiger partial charge < -0.3 is 9.88 Å². The van der Waals surface area contributed by atoms with E-state index in [-0.39, 0.29) is 0 Å². The third kappa shape index (κ3) is 5.85. The van der Waals surface area contributed by atoms with Crippen molar-refractivity contribution >= 4 is 44.3 Å². The number of aliphatic imine (C=N–C) groups is 2. The van der Waals surface area contributed by atoms with E-state index < -0.39 is 0 Å². The van der Waals surface area contributed by atoms with Crippen LogP contribution in [0.15, 0.2) is 51.1 Å². The summed E-state index contributed by atoms with van der Waals surface area (Å²) in [4.78, 5) is 11.7. The van der Waals surface area contributed by atoms with Crippen molar-refractivity contribution in [1.29, 1.82) is 0 Å². The van der Waals surface area contributed by atoms with Gasteiger partial charge in [0.05, 0.1) is 5.69 Å². The van der Waals surface area contributed by atoms with Crippen LogP contribution in [-0.4, -0.2) is 44.1 Å². The van der Waals surface area contributed by atoms with Crippen LogP contribution in [0, 0.1) is 13.8 Å². The Labute approximate surface area is 211 Å². The van der Waals surface area contributed by atoms with Crippen LogP contribution in [-0.2, 0) is 13.6 Å². The molecule has 34 heavy (non-hydrogen) atoms. The van der Waals surface area contributed by atoms with Crippen molar-refractivity contribution in [2.24, 2.45) is 17.0 Å². The molecule has 7 nitrogen and oxygen atoms in total. The zero-order chi connectivity index (χ0) is 24.8. The number of anilines is 1. The van der Waals surface area contributed by atoms with Crippen molar-refractivity contribution in [3.63, 3.8) is 0 Å². The molecule has 0 atom stereocenters. The van der Waals surface area contributed by atoms with Crippen molar-refractivity contribution in [1.82, 2.24) is 19.2 Å². The van der Waals surface area contributed by atoms with E-state index in [1.54, 1.807) is 6.20 Å². The SMILES string of the molecule is C/C=C\N=C(N=C(C)n1cc(CN(CC)CCC)c(C)n1)Nc1ccc2c(c1)c(Br)c(C)n2C. The van der Waals surface area contributed by atoms with Crippen molar-refractivity contribution < 1.29 is 0 Å². The largest absolute Gasteiger partial charge is 0.347 e. The second-order valence-corrected chi connectivity index (χ2v) is 9.26. The second kappa shape index (κ2) is 11.6. The van der Waals surface area contributed by atoms with Crippen LogP contribution in [0.3, 0.4) is 0 Å². The lowest BCUT2D eigenvalue weighted by molar-refractivity contribution is 0.280. The number of hydrogen-bond acceptors (Lipinski definition) is 3. The van der Waals surface area contributed by atoms with Crippen LogP contribution in [0.2, 0.25) is 0 Å². The van der Waals surface area contributed by atoms with E-state index in [9.17, 15) is 0 Å². The van der Waals surface area contributed by atoms with Gasteiger partial charge in [-0.25, -0.2) is 9.67 Å². The standard InChI is InChI=1S/C26H36BrN7/c1-8-13-28-26(30-22-11-12-24-23(15-22)25(27)19(5)32(24)7)29-20(6)34-17-21(18(4)31-34)16-33(10-3)14-9-2/h8,11-13,15,17H,9-10,14,16H2,1-7H3,(H,28,30)/b13-8-,29-20?. The molecule has 0 saturated carbocycles. The van der Waals surface area contributed by atoms with Gasteiger partial charge in [-0.1, -0.05) is 19.9 Å². The van der Waals surface area contributed by atoms with Gasteiger partial charge in [-0.3, -0.25) is 4.90 Å². The van der Waals surface area contributed by atoms with Gasteiger partial charge in [0.25, 0.3) is 0 Å². The van der Waals surface area contributed by atoms with Gasteiger partial charge in [-0.15, -0.1) is 0 Å². The Hall–Kier alpha value is -2.71. The van der Waals surface area contributed by atoms with Crippen LogP contribution in [0.5, 0.6) is 0 Å². The van der Waals surface area contributed by atoms with Crippen LogP contribution in [0.25, 0.3) is 10.9 Å². The lowest BCUT2D eigenvalue weighted by atomic mass is 10.2. The minimum atomic E-state index is 0.509. The van der Waals surface area contributed by atoms with Gasteiger partial charge in [-0.2, -0.15) is 10.1 Å². The summed E-state index contributed by atoms with van der Waals surface area (Å²) >= 11 is 3.72. The van der Waals surface area contributed by atoms with E-state index in [4.69, 9.17) is 10.1 Å². The molecule has 1 N–H and O–H groups in total. The van der Waals surface area contributed by atoms with Gasteiger partial charge in [0.1, 0.15) is 5.84 Å². The Morgan fingerprint density at radius 1 is 1.26 bits per heavy atom. The number of aryl methyl sites for hydroxylation is 2. The maximum absolute atomic E-state index is 4.77. The predicted octanol–water partition coefficient (Wildman–Crippen LogP) is 6.25. The fourth-order valence-electron chi connectivity index (χ4n) is 3.90. The number of guanidine groups is 1. The monoisotopic (exact) mass is 525 g/mol. The quantitative estimate of drug-likeness (QED) is 0.292. The summed E-state index contributed by atoms with van der Waals surface area (Å²) in [6.07, 6.45) is 6.85. The molecular weight excluding hydrogens is 490 g/mol. The number of rotatable bonds is 7. The number of allylic oxidation sites excluding steroid dienone is 1. The van der Waals surface area contributed by atoms with Crippen molar-refractivity contribution in [2.75, 3.05) is 18.4 Å². The number of hydrogen-bond donors (Lipinski definition) is 1. The van der Waals surface area contributed by atoms with E-state index >= 15 is 0 Å². The second-order valence-electron chi connectivity index (χ2n) is 8.46. The highest BCUT2D eigenvalue weighted by atomic mass is 79.9. The number of halogens is 1. The molecule has 0 unspecified atom stereocenters. The first-order valence-corrected chi connectivity index (χ1v) is 12.6. The van der Waals surface area contributed by atoms with Gasteiger partial charge in [-0.05, 0) is 81.3 Å². The average molecular weight is 527 g/mol. The van der Waals surface area contributed by atoms with E-state index in [1.807, 2.05) is 30.7 Å². The summed E-state index contributed by atoms with van der Waals surface area (Å²) in [5, 5.41) is 9.24. The normalized spacial score (nSPS) is 13.1. The van der Waals surface area contributed by atoms with E-state index in [2.05, 4.69) is 88.8 Å². The van der Waals surface area contributed by atoms with Crippen LogP contribution in [0.4, 0.5) is 5.69 Å². The lowest BCUT2D eigenvalue weighted by Crippen LogP contribution is -2.23. The Balaban J connectivity index is 1.88. The summed E-state index contributed by atoms with van der Waals surface area (Å²) < 4.78 is 5.12. The number of fused-ring (bicyclic) bond motifs is 1. The van der Waals surface area contributed by atoms with Crippen LogP contribution >= 0.6 is 15.9 Å². The highest BCUT2D eigenvalue weighted by molar-refractivity contribution is 9.10. The van der Waals surface area contributed by atoms with Crippen LogP contribution < -0.4 is 5.32 Å². The Morgan fingerprint density at radius 3 is 2.71 bits per heavy atom. The molecule has 3 aromatic rings. The molecule has 2 aromatic heterocycles. The average Bonchev–Trinajstić information content (AvgIpc) is 3.29. The van der Waals surface area contributed by atoms with Gasteiger partial charge in [0, 0.05) is 58.3 Å². The number of nitrogens with zero attached hydrogens (tertiary/aromatic N) is 6. The fraction of sp³-hybridized carbons (Fsp3) is 0.423. The van der Waals surface area contributed by atoms with Crippen molar-refractivity contribution in [3.05, 3.63) is 58.1 Å². The van der Waals surface area contributed by atoms with Crippen LogP contribution in [0.1, 0.15) is 51.1 Å². The molecule has 8 heteroatoms. The minimum absolute atomic E-state index is 0.509. The molecule has 2 heterocycles. The molecular formula is C26H36BrN7. The summed E-state index contributed by atoms with van der Waals surface area (Å²) in [6, 6.07) is 6.28. The van der Waals surface area contributed by atoms with Gasteiger partial charge in [0.15, 0.2) is 0 Å². The maximum atomic E-state index is 4.77. The minimum Gasteiger partial charge on any atom is -0.347 e. The fourth-order valence-corrected chi connectivity index (χ4v) is 4.48. The first kappa shape index (κ1) is 25.9. The molecule has 0 radical (unpaired) electrons. The lowest BCUT2D eigenvalue weighted by Gasteiger charge is -2.18. The molecule has 0 bridgehead atoms. The van der Waals surface area contributed by atoms with E-state index in [1.165, 1.54) is 16.8 Å². The van der Waals surface area contributed by atoms with Crippen molar-refractivity contribution in [3.8, 4) is 0 Å². The molecule has 0 aliphatic rings. The molecule has 182 valence electrons. The third-order valence-electron chi connectivity index (χ3n) is 6.00. The number of benzene rings is 1. The molecule has 0 aliphatic heterocycles. The molecule has 3 rings (SSSR count). The molecule has 0 aliphatic carbocycles. The zero-order valence-electron chi connectivity index (χ0n) is 21.4. The topological polar surface area (TPSA) is 62.7 Å². The summed E-state index contributed by atoms with van der Waals surface area (Å²) in [6.45, 7) is 15.5. The summed E-state index contributed by atoms with van der Waals surface area (Å²) in [7, 11) is 2.07. The first-order valence-electron chi connectivity index (χ1n) is 11.8. The highest BCUT2D eigenvalue weighted by Crippen LogP contribution is 2.31. The Bertz CT molecular complexity index is 1230. The van der Waals surface area contributed by atoms with E-state index in [0.29, 0.717) is 5.96 Å². The summed E-state index contributed by atoms with van der Waals surface area (Å²) in [5.41, 5.74) is 5.53. The molecule has 0 spiro atoms. The molecule has 0 amide bonds. The number of aromatic nitrogens is 3. The predicted molar refractivity (Wildman–Crippen MR) is 148 cm³/mol. The molecule has 0 saturated heterocycles. The number of nitrogens with one attached hydrogen (secondary N) is 1. The Morgan fingerprint density at radius 2 is 2.03 bits per heavy atom. The van der Waals surface area contributed by atoms with E-state index in [0.717, 1.165) is 53.1 Å². The third-order valence-corrected chi connectivity index (χ3v) is 7.00. The smallest absolute Gasteiger partial charge is 0.228 e. The molecule has 0 fully saturated rings. The van der Waals surface area contributed by atoms with Crippen molar-refractivity contribution in [2.45, 2.75) is 54.5 Å². The maximum Gasteiger partial charge on any atom is 0.228 e. The van der Waals surface area contributed by atoms with Gasteiger partial charge >= 0.3 is 0 Å². The summed E-state index contributed by atoms with van der Waals surface area (Å²) in [5.74, 6) is 1.26.